The molecular weight excluding hydrogens is 909 g/mol. The second kappa shape index (κ2) is 43.7. The third-order valence-electron chi connectivity index (χ3n) is 12.9. The molecule has 0 aromatic rings. The first kappa shape index (κ1) is 69.2. The molecule has 13 nitrogen and oxygen atoms in total. The Balaban J connectivity index is 0. The Kier molecular flexibility index (Phi) is 43.2. The Morgan fingerprint density at radius 2 is 1.00 bits per heavy atom. The van der Waals surface area contributed by atoms with E-state index >= 15 is 0 Å². The van der Waals surface area contributed by atoms with Crippen molar-refractivity contribution in [3.8, 4) is 0 Å². The molecule has 0 aromatic heterocycles. The lowest BCUT2D eigenvalue weighted by Gasteiger charge is -2.25. The van der Waals surface area contributed by atoms with Gasteiger partial charge in [-0.3, -0.25) is 24.0 Å². The highest BCUT2D eigenvalue weighted by atomic mass is 32.2. The van der Waals surface area contributed by atoms with E-state index in [0.717, 1.165) is 81.4 Å². The van der Waals surface area contributed by atoms with Gasteiger partial charge in [-0.05, 0) is 88.1 Å². The van der Waals surface area contributed by atoms with Crippen molar-refractivity contribution in [1.82, 2.24) is 9.80 Å². The molecule has 0 spiro atoms. The summed E-state index contributed by atoms with van der Waals surface area (Å²) in [5.74, 6) is 1.80. The van der Waals surface area contributed by atoms with Crippen LogP contribution in [0.4, 0.5) is 4.79 Å². The number of ether oxygens (including phenoxy) is 5. The van der Waals surface area contributed by atoms with Crippen LogP contribution in [0.5, 0.6) is 0 Å². The summed E-state index contributed by atoms with van der Waals surface area (Å²) in [6.45, 7) is 22.7. The first-order chi connectivity index (χ1) is 32.8. The van der Waals surface area contributed by atoms with Gasteiger partial charge in [-0.25, -0.2) is 0 Å². The molecule has 0 radical (unpaired) electrons. The van der Waals surface area contributed by atoms with E-state index in [-0.39, 0.29) is 90.2 Å². The largest absolute Gasteiger partial charge is 0.498 e. The van der Waals surface area contributed by atoms with Gasteiger partial charge >= 0.3 is 23.9 Å². The molecule has 2 saturated carbocycles. The van der Waals surface area contributed by atoms with Crippen molar-refractivity contribution in [2.24, 2.45) is 47.3 Å². The fourth-order valence-corrected chi connectivity index (χ4v) is 8.55. The second-order valence-corrected chi connectivity index (χ2v) is 21.7. The first-order valence-electron chi connectivity index (χ1n) is 26.9. The summed E-state index contributed by atoms with van der Waals surface area (Å²) in [5.41, 5.74) is 0. The summed E-state index contributed by atoms with van der Waals surface area (Å²) in [6, 6.07) is 0. The number of rotatable bonds is 32. The summed E-state index contributed by atoms with van der Waals surface area (Å²) < 4.78 is 28.0. The van der Waals surface area contributed by atoms with Gasteiger partial charge in [0.2, 0.25) is 0 Å². The zero-order valence-corrected chi connectivity index (χ0v) is 46.5. The van der Waals surface area contributed by atoms with Crippen LogP contribution in [0.1, 0.15) is 191 Å². The van der Waals surface area contributed by atoms with Gasteiger partial charge in [0.15, 0.2) is 0 Å². The number of aliphatic hydroxyl groups is 1. The summed E-state index contributed by atoms with van der Waals surface area (Å²) in [6.07, 6.45) is 19.6. The summed E-state index contributed by atoms with van der Waals surface area (Å²) in [7, 11) is 4.17. The van der Waals surface area contributed by atoms with Crippen LogP contribution in [0.25, 0.3) is 0 Å². The van der Waals surface area contributed by atoms with Crippen molar-refractivity contribution in [3.63, 3.8) is 0 Å². The minimum Gasteiger partial charge on any atom is -0.498 e. The fraction of sp³-hybridized carbons (Fsp3) is 0.875. The summed E-state index contributed by atoms with van der Waals surface area (Å²) in [5, 5.41) is 9.46. The zero-order chi connectivity index (χ0) is 52.0. The maximum Gasteiger partial charge on any atom is 0.307 e. The molecule has 1 N–H and O–H groups in total. The molecule has 14 heteroatoms. The van der Waals surface area contributed by atoms with Crippen LogP contribution in [0.2, 0.25) is 0 Å². The SMILES string of the molecule is C.C=C(CCC(C)CCC(C)C)OCC(COC(=O)CCC1CCC(C)CC1)COC(=O)CCN(CCC(=O)OCC(CO)COC(=O)CCC1CCC(C)CC1)C(=O)SC.CCC.CCCN(C)C. The third-order valence-corrected chi connectivity index (χ3v) is 13.5. The van der Waals surface area contributed by atoms with Crippen LogP contribution in [-0.4, -0.2) is 124 Å². The lowest BCUT2D eigenvalue weighted by Crippen LogP contribution is -2.33. The predicted molar refractivity (Wildman–Crippen MR) is 287 cm³/mol. The molecule has 3 unspecified atom stereocenters. The number of thioether (sulfide) groups is 1. The second-order valence-electron chi connectivity index (χ2n) is 20.9. The van der Waals surface area contributed by atoms with Crippen LogP contribution in [0.3, 0.4) is 0 Å². The molecule has 0 bridgehead atoms. The van der Waals surface area contributed by atoms with Gasteiger partial charge in [-0.1, -0.05) is 152 Å². The smallest absolute Gasteiger partial charge is 0.307 e. The van der Waals surface area contributed by atoms with Gasteiger partial charge in [0.05, 0.1) is 56.9 Å². The van der Waals surface area contributed by atoms with Crippen molar-refractivity contribution in [2.75, 3.05) is 79.6 Å². The van der Waals surface area contributed by atoms with Crippen LogP contribution < -0.4 is 0 Å². The van der Waals surface area contributed by atoms with Gasteiger partial charge in [0.25, 0.3) is 5.24 Å². The normalized spacial score (nSPS) is 18.8. The number of allylic oxidation sites excluding steroid dienone is 1. The number of carbonyl (C=O) groups excluding carboxylic acids is 5. The van der Waals surface area contributed by atoms with Crippen LogP contribution in [0.15, 0.2) is 12.3 Å². The number of nitrogens with zero attached hydrogens (tertiary/aromatic N) is 2. The molecule has 2 rings (SSSR count). The molecule has 0 aliphatic heterocycles. The first-order valence-corrected chi connectivity index (χ1v) is 28.1. The van der Waals surface area contributed by atoms with E-state index in [1.165, 1.54) is 56.4 Å². The van der Waals surface area contributed by atoms with E-state index in [1.807, 2.05) is 0 Å². The third kappa shape index (κ3) is 38.8. The standard InChI is InChI=1S/C47H81NO11S.C5H13N.C3H8.CH4/c1-34(2)8-9-35(3)10-15-38(6)55-31-42(32-58-44(51)23-21-40-18-13-37(5)14-19-40)33-59-46(53)25-27-48(47(54)60-7)26-24-45(52)57-30-41(28-49)29-56-43(50)22-20-39-16-11-36(4)12-17-39;1-4-5-6(2)3;1-3-2;/h34-37,39-42,49H,6,8-33H2,1-5,7H3;4-5H2,1-3H3;3H2,1-2H3;1H4. The highest BCUT2D eigenvalue weighted by Crippen LogP contribution is 2.32. The van der Waals surface area contributed by atoms with Crippen LogP contribution in [0, 0.1) is 47.3 Å². The van der Waals surface area contributed by atoms with Gasteiger partial charge < -0.3 is 38.6 Å². The minimum absolute atomic E-state index is 0. The number of hydrogen-bond acceptors (Lipinski definition) is 13. The number of esters is 4. The molecule has 3 atom stereocenters. The lowest BCUT2D eigenvalue weighted by atomic mass is 9.81. The molecule has 412 valence electrons. The average molecular weight is 1020 g/mol. The van der Waals surface area contributed by atoms with E-state index in [0.29, 0.717) is 42.3 Å². The van der Waals surface area contributed by atoms with E-state index in [4.69, 9.17) is 23.7 Å². The van der Waals surface area contributed by atoms with Crippen molar-refractivity contribution in [1.29, 1.82) is 0 Å². The maximum absolute atomic E-state index is 12.9. The van der Waals surface area contributed by atoms with Crippen LogP contribution in [-0.2, 0) is 42.9 Å². The van der Waals surface area contributed by atoms with Crippen molar-refractivity contribution in [2.45, 2.75) is 191 Å². The van der Waals surface area contributed by atoms with E-state index < -0.39 is 23.8 Å². The number of aliphatic hydroxyl groups excluding tert-OH is 1. The van der Waals surface area contributed by atoms with E-state index in [9.17, 15) is 29.1 Å². The number of amides is 1. The molecule has 2 aliphatic carbocycles. The molecular formula is C56H106N2O11S. The van der Waals surface area contributed by atoms with Gasteiger partial charge in [0.1, 0.15) is 13.2 Å². The highest BCUT2D eigenvalue weighted by Gasteiger charge is 2.24. The van der Waals surface area contributed by atoms with Crippen molar-refractivity contribution >= 4 is 40.9 Å². The Morgan fingerprint density at radius 1 is 0.600 bits per heavy atom. The maximum atomic E-state index is 12.9. The van der Waals surface area contributed by atoms with E-state index in [1.54, 1.807) is 6.26 Å². The Morgan fingerprint density at radius 3 is 1.36 bits per heavy atom. The van der Waals surface area contributed by atoms with Crippen molar-refractivity contribution < 1.29 is 52.8 Å². The molecule has 0 heterocycles. The Bertz CT molecular complexity index is 1360. The minimum atomic E-state index is -0.579. The monoisotopic (exact) mass is 1010 g/mol. The van der Waals surface area contributed by atoms with Crippen LogP contribution >= 0.6 is 11.8 Å². The summed E-state index contributed by atoms with van der Waals surface area (Å²) >= 11 is 0.967. The number of hydrogen-bond donors (Lipinski definition) is 1. The Labute approximate surface area is 432 Å². The molecule has 1 amide bonds. The quantitative estimate of drug-likeness (QED) is 0.0386. The zero-order valence-electron chi connectivity index (χ0n) is 45.7. The lowest BCUT2D eigenvalue weighted by molar-refractivity contribution is -0.151. The molecule has 0 saturated heterocycles. The fourth-order valence-electron chi connectivity index (χ4n) is 8.11. The van der Waals surface area contributed by atoms with Gasteiger partial charge in [-0.2, -0.15) is 0 Å². The van der Waals surface area contributed by atoms with Gasteiger partial charge in [0, 0.05) is 32.4 Å². The average Bonchev–Trinajstić information content (AvgIpc) is 3.32. The molecule has 70 heavy (non-hydrogen) atoms. The Hall–Kier alpha value is -2.84. The molecule has 2 fully saturated rings. The molecule has 2 aliphatic rings. The molecule has 0 aromatic carbocycles. The summed E-state index contributed by atoms with van der Waals surface area (Å²) in [4.78, 5) is 66.8. The highest BCUT2D eigenvalue weighted by molar-refractivity contribution is 8.12. The van der Waals surface area contributed by atoms with E-state index in [2.05, 4.69) is 81.0 Å². The predicted octanol–water partition coefficient (Wildman–Crippen LogP) is 12.6. The van der Waals surface area contributed by atoms with Gasteiger partial charge in [-0.15, -0.1) is 0 Å². The van der Waals surface area contributed by atoms with Crippen molar-refractivity contribution in [3.05, 3.63) is 12.3 Å². The topological polar surface area (TPSA) is 158 Å². The number of carbonyl (C=O) groups is 5.